The quantitative estimate of drug-likeness (QED) is 0.717. The molecule has 0 radical (unpaired) electrons. The Morgan fingerprint density at radius 3 is 2.45 bits per heavy atom. The monoisotopic (exact) mass is 393 g/mol. The van der Waals surface area contributed by atoms with Gasteiger partial charge >= 0.3 is 0 Å². The first-order chi connectivity index (χ1) is 14.1. The number of fused-ring (bicyclic) bond motifs is 1. The van der Waals surface area contributed by atoms with Gasteiger partial charge in [0.1, 0.15) is 5.65 Å². The largest absolute Gasteiger partial charge is 0.493 e. The summed E-state index contributed by atoms with van der Waals surface area (Å²) in [5.74, 6) is 1.76. The number of benzene rings is 1. The van der Waals surface area contributed by atoms with Crippen LogP contribution < -0.4 is 20.3 Å². The average molecular weight is 393 g/mol. The molecule has 2 aromatic heterocycles. The fourth-order valence-electron chi connectivity index (χ4n) is 4.22. The molecule has 0 aliphatic heterocycles. The van der Waals surface area contributed by atoms with E-state index in [4.69, 9.17) is 14.5 Å². The van der Waals surface area contributed by atoms with Crippen LogP contribution in [0.5, 0.6) is 11.5 Å². The van der Waals surface area contributed by atoms with Gasteiger partial charge in [-0.05, 0) is 68.5 Å². The van der Waals surface area contributed by atoms with Gasteiger partial charge in [0.25, 0.3) is 5.56 Å². The number of hydrogen-bond donors (Lipinski definition) is 1. The minimum Gasteiger partial charge on any atom is -0.493 e. The Kier molecular flexibility index (Phi) is 5.53. The van der Waals surface area contributed by atoms with E-state index >= 15 is 0 Å². The Balaban J connectivity index is 1.67. The lowest BCUT2D eigenvalue weighted by molar-refractivity contribution is 0.355. The normalized spacial score (nSPS) is 19.3. The smallest absolute Gasteiger partial charge is 0.258 e. The van der Waals surface area contributed by atoms with Crippen molar-refractivity contribution in [2.75, 3.05) is 21.3 Å². The minimum absolute atomic E-state index is 0.0782. The first-order valence-corrected chi connectivity index (χ1v) is 10.1. The lowest BCUT2D eigenvalue weighted by Crippen LogP contribution is -2.29. The second-order valence-corrected chi connectivity index (χ2v) is 7.58. The Morgan fingerprint density at radius 2 is 1.76 bits per heavy atom. The third-order valence-corrected chi connectivity index (χ3v) is 5.97. The van der Waals surface area contributed by atoms with Crippen molar-refractivity contribution >= 4 is 5.65 Å². The van der Waals surface area contributed by atoms with Crippen LogP contribution >= 0.6 is 0 Å². The van der Waals surface area contributed by atoms with Crippen molar-refractivity contribution in [1.82, 2.24) is 14.7 Å². The maximum atomic E-state index is 12.8. The minimum atomic E-state index is -0.0782. The second-order valence-electron chi connectivity index (χ2n) is 7.58. The van der Waals surface area contributed by atoms with Crippen molar-refractivity contribution < 1.29 is 9.47 Å². The third-order valence-electron chi connectivity index (χ3n) is 5.97. The van der Waals surface area contributed by atoms with Crippen molar-refractivity contribution in [3.8, 4) is 22.8 Å². The summed E-state index contributed by atoms with van der Waals surface area (Å²) in [5, 5.41) is 3.37. The van der Waals surface area contributed by atoms with Crippen LogP contribution in [0.25, 0.3) is 16.9 Å². The van der Waals surface area contributed by atoms with Crippen LogP contribution in [-0.4, -0.2) is 36.7 Å². The van der Waals surface area contributed by atoms with E-state index < -0.39 is 0 Å². The van der Waals surface area contributed by atoms with Crippen LogP contribution in [-0.2, 0) is 0 Å². The standard InChI is InChI=1S/C23H27N3O3/c1-24-18-8-4-15(5-9-18)17-7-11-22-25-19(13-23(27)26(22)14-17)16-6-10-20(28-2)21(12-16)29-3/h6-7,10-15,18,24H,4-5,8-9H2,1-3H3/t15-,18+. The van der Waals surface area contributed by atoms with E-state index in [1.165, 1.54) is 18.4 Å². The Bertz CT molecular complexity index is 1070. The van der Waals surface area contributed by atoms with Crippen molar-refractivity contribution in [1.29, 1.82) is 0 Å². The van der Waals surface area contributed by atoms with Gasteiger partial charge in [0.05, 0.1) is 19.9 Å². The van der Waals surface area contributed by atoms with E-state index in [0.717, 1.165) is 18.4 Å². The first kappa shape index (κ1) is 19.5. The number of nitrogens with zero attached hydrogens (tertiary/aromatic N) is 2. The van der Waals surface area contributed by atoms with E-state index in [1.807, 2.05) is 37.5 Å². The molecule has 3 aromatic rings. The van der Waals surface area contributed by atoms with Crippen LogP contribution in [0.2, 0.25) is 0 Å². The molecule has 0 amide bonds. The summed E-state index contributed by atoms with van der Waals surface area (Å²) >= 11 is 0. The number of aromatic nitrogens is 2. The molecule has 1 aromatic carbocycles. The molecule has 0 saturated heterocycles. The third kappa shape index (κ3) is 3.85. The number of rotatable bonds is 5. The summed E-state index contributed by atoms with van der Waals surface area (Å²) in [4.78, 5) is 17.5. The molecule has 1 aliphatic rings. The molecule has 0 spiro atoms. The highest BCUT2D eigenvalue weighted by Gasteiger charge is 2.21. The van der Waals surface area contributed by atoms with Gasteiger partial charge in [0.15, 0.2) is 11.5 Å². The van der Waals surface area contributed by atoms with Crippen molar-refractivity contribution in [2.24, 2.45) is 0 Å². The van der Waals surface area contributed by atoms with Crippen molar-refractivity contribution in [2.45, 2.75) is 37.6 Å². The second kappa shape index (κ2) is 8.25. The van der Waals surface area contributed by atoms with Gasteiger partial charge in [0.2, 0.25) is 0 Å². The van der Waals surface area contributed by atoms with Gasteiger partial charge in [-0.25, -0.2) is 4.98 Å². The summed E-state index contributed by atoms with van der Waals surface area (Å²) in [7, 11) is 5.22. The van der Waals surface area contributed by atoms with Gasteiger partial charge < -0.3 is 14.8 Å². The summed E-state index contributed by atoms with van der Waals surface area (Å²) in [6.07, 6.45) is 6.59. The van der Waals surface area contributed by atoms with Gasteiger partial charge in [-0.15, -0.1) is 0 Å². The molecule has 0 atom stereocenters. The maximum Gasteiger partial charge on any atom is 0.258 e. The van der Waals surface area contributed by atoms with Crippen molar-refractivity contribution in [3.05, 3.63) is 58.5 Å². The highest BCUT2D eigenvalue weighted by Crippen LogP contribution is 2.33. The summed E-state index contributed by atoms with van der Waals surface area (Å²) < 4.78 is 12.3. The summed E-state index contributed by atoms with van der Waals surface area (Å²) in [6.45, 7) is 0. The number of hydrogen-bond acceptors (Lipinski definition) is 5. The lowest BCUT2D eigenvalue weighted by atomic mass is 9.82. The van der Waals surface area contributed by atoms with Crippen LogP contribution in [0.15, 0.2) is 47.4 Å². The Morgan fingerprint density at radius 1 is 1.00 bits per heavy atom. The topological polar surface area (TPSA) is 64.9 Å². The predicted molar refractivity (Wildman–Crippen MR) is 114 cm³/mol. The first-order valence-electron chi connectivity index (χ1n) is 10.1. The lowest BCUT2D eigenvalue weighted by Gasteiger charge is -2.28. The summed E-state index contributed by atoms with van der Waals surface area (Å²) in [5.41, 5.74) is 3.23. The zero-order valence-corrected chi connectivity index (χ0v) is 17.1. The molecule has 1 saturated carbocycles. The van der Waals surface area contributed by atoms with Gasteiger partial charge in [-0.2, -0.15) is 0 Å². The zero-order valence-electron chi connectivity index (χ0n) is 17.1. The van der Waals surface area contributed by atoms with E-state index in [2.05, 4.69) is 11.4 Å². The summed E-state index contributed by atoms with van der Waals surface area (Å²) in [6, 6.07) is 11.8. The number of nitrogens with one attached hydrogen (secondary N) is 1. The van der Waals surface area contributed by atoms with E-state index in [9.17, 15) is 4.79 Å². The predicted octanol–water partition coefficient (Wildman–Crippen LogP) is 3.62. The fraction of sp³-hybridized carbons (Fsp3) is 0.391. The van der Waals surface area contributed by atoms with Crippen LogP contribution in [0.1, 0.15) is 37.2 Å². The molecule has 6 nitrogen and oxygen atoms in total. The number of ether oxygens (including phenoxy) is 2. The molecule has 152 valence electrons. The molecule has 4 rings (SSSR count). The zero-order chi connectivity index (χ0) is 20.4. The fourth-order valence-corrected chi connectivity index (χ4v) is 4.22. The van der Waals surface area contributed by atoms with Crippen LogP contribution in [0, 0.1) is 0 Å². The van der Waals surface area contributed by atoms with Gasteiger partial charge in [-0.1, -0.05) is 6.07 Å². The highest BCUT2D eigenvalue weighted by atomic mass is 16.5. The molecule has 6 heteroatoms. The van der Waals surface area contributed by atoms with Crippen LogP contribution in [0.4, 0.5) is 0 Å². The molecule has 29 heavy (non-hydrogen) atoms. The maximum absolute atomic E-state index is 12.8. The molecule has 0 unspecified atom stereocenters. The van der Waals surface area contributed by atoms with E-state index in [0.29, 0.717) is 34.8 Å². The van der Waals surface area contributed by atoms with Gasteiger partial charge in [-0.3, -0.25) is 9.20 Å². The van der Waals surface area contributed by atoms with E-state index in [-0.39, 0.29) is 5.56 Å². The molecular formula is C23H27N3O3. The van der Waals surface area contributed by atoms with Crippen LogP contribution in [0.3, 0.4) is 0 Å². The molecule has 0 bridgehead atoms. The molecule has 1 fully saturated rings. The molecule has 1 N–H and O–H groups in total. The number of pyridine rings is 1. The van der Waals surface area contributed by atoms with E-state index in [1.54, 1.807) is 24.7 Å². The van der Waals surface area contributed by atoms with Crippen molar-refractivity contribution in [3.63, 3.8) is 0 Å². The number of methoxy groups -OCH3 is 2. The molecule has 1 aliphatic carbocycles. The molecule has 2 heterocycles. The van der Waals surface area contributed by atoms with Gasteiger partial charge in [0, 0.05) is 23.9 Å². The highest BCUT2D eigenvalue weighted by molar-refractivity contribution is 5.65. The molecular weight excluding hydrogens is 366 g/mol. The Hall–Kier alpha value is -2.86. The SMILES string of the molecule is CN[C@H]1CC[C@@H](c2ccc3nc(-c4ccc(OC)c(OC)c4)cc(=O)n3c2)CC1. The average Bonchev–Trinajstić information content (AvgIpc) is 2.78. The Labute approximate surface area is 170 Å².